The highest BCUT2D eigenvalue weighted by atomic mass is 19.1. The molecule has 1 N–H and O–H groups in total. The highest BCUT2D eigenvalue weighted by Crippen LogP contribution is 2.30. The first-order valence-corrected chi connectivity index (χ1v) is 7.17. The van der Waals surface area contributed by atoms with Crippen LogP contribution in [0.15, 0.2) is 42.7 Å². The Hall–Kier alpha value is -3.16. The second-order valence-corrected chi connectivity index (χ2v) is 5.04. The van der Waals surface area contributed by atoms with E-state index in [1.165, 1.54) is 42.5 Å². The number of hydrogen-bond acceptors (Lipinski definition) is 5. The summed E-state index contributed by atoms with van der Waals surface area (Å²) in [6, 6.07) is 5.17. The molecule has 8 heteroatoms. The molecule has 0 spiro atoms. The number of nitrogens with zero attached hydrogens (tertiary/aromatic N) is 3. The maximum Gasteiger partial charge on any atom is 0.326 e. The van der Waals surface area contributed by atoms with Crippen molar-refractivity contribution >= 4 is 11.7 Å². The summed E-state index contributed by atoms with van der Waals surface area (Å²) in [5, 5.41) is 2.65. The topological polar surface area (TPSA) is 76.6 Å². The lowest BCUT2D eigenvalue weighted by atomic mass is 10.2. The molecule has 0 unspecified atom stereocenters. The lowest BCUT2D eigenvalue weighted by Crippen LogP contribution is -2.45. The number of rotatable bonds is 4. The Kier molecular flexibility index (Phi) is 4.28. The fourth-order valence-corrected chi connectivity index (χ4v) is 2.20. The Morgan fingerprint density at radius 2 is 2.08 bits per heavy atom. The number of aromatic nitrogens is 2. The van der Waals surface area contributed by atoms with Crippen molar-refractivity contribution in [3.63, 3.8) is 0 Å². The number of halogens is 1. The number of amides is 2. The summed E-state index contributed by atoms with van der Waals surface area (Å²) in [7, 11) is 1.44. The molecule has 1 aromatic heterocycles. The van der Waals surface area contributed by atoms with Gasteiger partial charge in [0.2, 0.25) is 5.88 Å². The van der Waals surface area contributed by atoms with Gasteiger partial charge < -0.3 is 14.8 Å². The molecule has 3 rings (SSSR count). The SMILES string of the molecule is C=C1CCN(c2cnc(Oc3ccc(F)cc3)nc2OC)C(=O)N1. The van der Waals surface area contributed by atoms with Crippen LogP contribution in [0.2, 0.25) is 0 Å². The number of urea groups is 1. The van der Waals surface area contributed by atoms with Crippen LogP contribution in [0.5, 0.6) is 17.6 Å². The molecule has 1 fully saturated rings. The summed E-state index contributed by atoms with van der Waals surface area (Å²) in [6.07, 6.45) is 2.06. The van der Waals surface area contributed by atoms with Gasteiger partial charge in [-0.1, -0.05) is 6.58 Å². The normalized spacial score (nSPS) is 14.3. The van der Waals surface area contributed by atoms with E-state index in [1.54, 1.807) is 0 Å². The molecule has 1 aromatic carbocycles. The summed E-state index contributed by atoms with van der Waals surface area (Å²) >= 11 is 0. The number of hydrogen-bond donors (Lipinski definition) is 1. The molecule has 0 radical (unpaired) electrons. The fourth-order valence-electron chi connectivity index (χ4n) is 2.20. The molecule has 2 aromatic rings. The lowest BCUT2D eigenvalue weighted by molar-refractivity contribution is 0.245. The molecule has 1 saturated heterocycles. The molecule has 0 saturated carbocycles. The van der Waals surface area contributed by atoms with Gasteiger partial charge in [0.05, 0.1) is 13.3 Å². The van der Waals surface area contributed by atoms with Crippen molar-refractivity contribution in [3.8, 4) is 17.6 Å². The smallest absolute Gasteiger partial charge is 0.326 e. The molecular formula is C16H15FN4O3. The van der Waals surface area contributed by atoms with Crippen molar-refractivity contribution in [1.29, 1.82) is 0 Å². The van der Waals surface area contributed by atoms with E-state index >= 15 is 0 Å². The highest BCUT2D eigenvalue weighted by Gasteiger charge is 2.25. The van der Waals surface area contributed by atoms with E-state index in [4.69, 9.17) is 9.47 Å². The van der Waals surface area contributed by atoms with E-state index < -0.39 is 0 Å². The van der Waals surface area contributed by atoms with E-state index in [0.29, 0.717) is 30.1 Å². The predicted molar refractivity (Wildman–Crippen MR) is 84.7 cm³/mol. The monoisotopic (exact) mass is 330 g/mol. The fraction of sp³-hybridized carbons (Fsp3) is 0.188. The van der Waals surface area contributed by atoms with Crippen LogP contribution in [-0.2, 0) is 0 Å². The van der Waals surface area contributed by atoms with Crippen molar-refractivity contribution in [2.45, 2.75) is 6.42 Å². The number of carbonyl (C=O) groups excluding carboxylic acids is 1. The van der Waals surface area contributed by atoms with Crippen LogP contribution in [-0.4, -0.2) is 29.7 Å². The van der Waals surface area contributed by atoms with Crippen LogP contribution in [0.4, 0.5) is 14.9 Å². The number of anilines is 1. The first-order valence-electron chi connectivity index (χ1n) is 7.17. The number of nitrogens with one attached hydrogen (secondary N) is 1. The Morgan fingerprint density at radius 3 is 2.75 bits per heavy atom. The van der Waals surface area contributed by atoms with Gasteiger partial charge in [-0.15, -0.1) is 0 Å². The molecular weight excluding hydrogens is 315 g/mol. The van der Waals surface area contributed by atoms with Crippen LogP contribution >= 0.6 is 0 Å². The van der Waals surface area contributed by atoms with Crippen molar-refractivity contribution in [3.05, 3.63) is 48.6 Å². The van der Waals surface area contributed by atoms with Gasteiger partial charge in [0, 0.05) is 18.7 Å². The Balaban J connectivity index is 1.84. The van der Waals surface area contributed by atoms with Gasteiger partial charge in [-0.2, -0.15) is 4.98 Å². The zero-order chi connectivity index (χ0) is 17.1. The minimum Gasteiger partial charge on any atom is -0.479 e. The van der Waals surface area contributed by atoms with Crippen molar-refractivity contribution in [1.82, 2.24) is 15.3 Å². The second-order valence-electron chi connectivity index (χ2n) is 5.04. The van der Waals surface area contributed by atoms with Crippen LogP contribution in [0.25, 0.3) is 0 Å². The molecule has 2 heterocycles. The van der Waals surface area contributed by atoms with Crippen molar-refractivity contribution in [2.24, 2.45) is 0 Å². The van der Waals surface area contributed by atoms with Crippen LogP contribution in [0, 0.1) is 5.82 Å². The van der Waals surface area contributed by atoms with E-state index in [2.05, 4.69) is 21.9 Å². The van der Waals surface area contributed by atoms with E-state index in [1.807, 2.05) is 0 Å². The van der Waals surface area contributed by atoms with Crippen LogP contribution < -0.4 is 19.7 Å². The second kappa shape index (κ2) is 6.53. The minimum absolute atomic E-state index is 0.0315. The standard InChI is InChI=1S/C16H15FN4O3/c1-10-7-8-21(16(22)19-10)13-9-18-15(20-14(13)23-2)24-12-5-3-11(17)4-6-12/h3-6,9H,1,7-8H2,2H3,(H,19,22). The zero-order valence-electron chi connectivity index (χ0n) is 13.0. The first kappa shape index (κ1) is 15.7. The quantitative estimate of drug-likeness (QED) is 0.933. The maximum absolute atomic E-state index is 12.9. The third kappa shape index (κ3) is 3.27. The van der Waals surface area contributed by atoms with Gasteiger partial charge in [0.25, 0.3) is 0 Å². The summed E-state index contributed by atoms with van der Waals surface area (Å²) in [6.45, 7) is 4.18. The molecule has 24 heavy (non-hydrogen) atoms. The van der Waals surface area contributed by atoms with Gasteiger partial charge >= 0.3 is 12.0 Å². The number of benzene rings is 1. The summed E-state index contributed by atoms with van der Waals surface area (Å²) in [5.74, 6) is 0.219. The molecule has 1 aliphatic rings. The van der Waals surface area contributed by atoms with Crippen LogP contribution in [0.1, 0.15) is 6.42 Å². The average Bonchev–Trinajstić information content (AvgIpc) is 2.57. The highest BCUT2D eigenvalue weighted by molar-refractivity contribution is 5.95. The van der Waals surface area contributed by atoms with Gasteiger partial charge in [0.15, 0.2) is 0 Å². The van der Waals surface area contributed by atoms with E-state index in [0.717, 1.165) is 0 Å². The van der Waals surface area contributed by atoms with E-state index in [-0.39, 0.29) is 23.7 Å². The van der Waals surface area contributed by atoms with Crippen LogP contribution in [0.3, 0.4) is 0 Å². The molecule has 1 aliphatic heterocycles. The van der Waals surface area contributed by atoms with Gasteiger partial charge in [0.1, 0.15) is 17.3 Å². The molecule has 0 bridgehead atoms. The molecule has 0 atom stereocenters. The summed E-state index contributed by atoms with van der Waals surface area (Å²) in [4.78, 5) is 21.8. The molecule has 0 aliphatic carbocycles. The third-order valence-corrected chi connectivity index (χ3v) is 3.39. The Labute approximate surface area is 137 Å². The minimum atomic E-state index is -0.367. The average molecular weight is 330 g/mol. The van der Waals surface area contributed by atoms with E-state index in [9.17, 15) is 9.18 Å². The van der Waals surface area contributed by atoms with Crippen molar-refractivity contribution in [2.75, 3.05) is 18.6 Å². The van der Waals surface area contributed by atoms with Gasteiger partial charge in [-0.25, -0.2) is 14.2 Å². The van der Waals surface area contributed by atoms with Gasteiger partial charge in [-0.05, 0) is 24.3 Å². The molecule has 124 valence electrons. The zero-order valence-corrected chi connectivity index (χ0v) is 13.0. The summed E-state index contributed by atoms with van der Waals surface area (Å²) in [5.41, 5.74) is 1.08. The number of ether oxygens (including phenoxy) is 2. The lowest BCUT2D eigenvalue weighted by Gasteiger charge is -2.28. The largest absolute Gasteiger partial charge is 0.479 e. The predicted octanol–water partition coefficient (Wildman–Crippen LogP) is 2.85. The number of methoxy groups -OCH3 is 1. The third-order valence-electron chi connectivity index (χ3n) is 3.39. The Bertz CT molecular complexity index is 779. The van der Waals surface area contributed by atoms with Crippen molar-refractivity contribution < 1.29 is 18.7 Å². The van der Waals surface area contributed by atoms with Gasteiger partial charge in [-0.3, -0.25) is 4.90 Å². The first-order chi connectivity index (χ1) is 11.6. The Morgan fingerprint density at radius 1 is 1.33 bits per heavy atom. The molecule has 2 amide bonds. The maximum atomic E-state index is 12.9. The molecule has 7 nitrogen and oxygen atoms in total. The summed E-state index contributed by atoms with van der Waals surface area (Å²) < 4.78 is 23.6. The number of carbonyl (C=O) groups is 1.